The molecule has 0 radical (unpaired) electrons. The Hall–Kier alpha value is -1.96. The van der Waals surface area contributed by atoms with Gasteiger partial charge in [0.05, 0.1) is 4.90 Å². The lowest BCUT2D eigenvalue weighted by Crippen LogP contribution is -2.28. The molecule has 1 aliphatic rings. The van der Waals surface area contributed by atoms with E-state index in [1.165, 1.54) is 12.1 Å². The van der Waals surface area contributed by atoms with Gasteiger partial charge in [-0.05, 0) is 36.4 Å². The molecule has 0 aromatic heterocycles. The first-order chi connectivity index (χ1) is 11.5. The predicted octanol–water partition coefficient (Wildman–Crippen LogP) is 2.47. The second kappa shape index (κ2) is 7.29. The fourth-order valence-electron chi connectivity index (χ4n) is 2.15. The number of hydrogen-bond acceptors (Lipinski definition) is 5. The molecule has 2 aromatic rings. The van der Waals surface area contributed by atoms with Gasteiger partial charge in [-0.3, -0.25) is 0 Å². The van der Waals surface area contributed by atoms with E-state index in [9.17, 15) is 8.42 Å². The van der Waals surface area contributed by atoms with E-state index in [0.717, 1.165) is 0 Å². The number of fused-ring (bicyclic) bond motifs is 1. The molecule has 0 atom stereocenters. The fourth-order valence-corrected chi connectivity index (χ4v) is 3.30. The van der Waals surface area contributed by atoms with E-state index in [0.29, 0.717) is 35.5 Å². The number of benzene rings is 2. The second-order valence-electron chi connectivity index (χ2n) is 5.01. The normalized spacial score (nSPS) is 13.5. The van der Waals surface area contributed by atoms with Crippen molar-refractivity contribution in [3.63, 3.8) is 0 Å². The molecule has 0 amide bonds. The van der Waals surface area contributed by atoms with E-state index in [1.807, 2.05) is 0 Å². The van der Waals surface area contributed by atoms with E-state index >= 15 is 0 Å². The Morgan fingerprint density at radius 1 is 1.04 bits per heavy atom. The molecule has 1 heterocycles. The van der Waals surface area contributed by atoms with Gasteiger partial charge in [0.15, 0.2) is 11.5 Å². The maximum absolute atomic E-state index is 12.3. The van der Waals surface area contributed by atoms with Crippen molar-refractivity contribution in [3.8, 4) is 17.2 Å². The summed E-state index contributed by atoms with van der Waals surface area (Å²) in [6, 6.07) is 11.4. The topological polar surface area (TPSA) is 73.9 Å². The Morgan fingerprint density at radius 3 is 2.50 bits per heavy atom. The van der Waals surface area contributed by atoms with Gasteiger partial charge >= 0.3 is 0 Å². The SMILES string of the molecule is O=S(=O)(NCCOc1ccc(Cl)cc1)c1ccc2c(c1)OCCO2. The highest BCUT2D eigenvalue weighted by atomic mass is 35.5. The summed E-state index contributed by atoms with van der Waals surface area (Å²) in [6.45, 7) is 1.20. The molecular weight excluding hydrogens is 354 g/mol. The summed E-state index contributed by atoms with van der Waals surface area (Å²) in [5, 5.41) is 0.613. The Bertz CT molecular complexity index is 808. The zero-order valence-corrected chi connectivity index (χ0v) is 14.3. The monoisotopic (exact) mass is 369 g/mol. The van der Waals surface area contributed by atoms with Crippen LogP contribution in [0.2, 0.25) is 5.02 Å². The van der Waals surface area contributed by atoms with E-state index in [4.69, 9.17) is 25.8 Å². The summed E-state index contributed by atoms with van der Waals surface area (Å²) >= 11 is 5.78. The molecule has 0 aliphatic carbocycles. The number of ether oxygens (including phenoxy) is 3. The van der Waals surface area contributed by atoms with Crippen LogP contribution in [-0.4, -0.2) is 34.8 Å². The Morgan fingerprint density at radius 2 is 1.75 bits per heavy atom. The molecule has 24 heavy (non-hydrogen) atoms. The molecule has 1 N–H and O–H groups in total. The van der Waals surface area contributed by atoms with Crippen LogP contribution in [0.15, 0.2) is 47.4 Å². The van der Waals surface area contributed by atoms with Crippen molar-refractivity contribution >= 4 is 21.6 Å². The molecular formula is C16H16ClNO5S. The lowest BCUT2D eigenvalue weighted by molar-refractivity contribution is 0.171. The lowest BCUT2D eigenvalue weighted by atomic mass is 10.3. The molecule has 0 saturated heterocycles. The summed E-state index contributed by atoms with van der Waals surface area (Å²) in [6.07, 6.45) is 0. The fraction of sp³-hybridized carbons (Fsp3) is 0.250. The minimum Gasteiger partial charge on any atom is -0.492 e. The van der Waals surface area contributed by atoms with Gasteiger partial charge in [0, 0.05) is 17.6 Å². The molecule has 3 rings (SSSR count). The van der Waals surface area contributed by atoms with Gasteiger partial charge in [-0.15, -0.1) is 0 Å². The lowest BCUT2D eigenvalue weighted by Gasteiger charge is -2.19. The van der Waals surface area contributed by atoms with Gasteiger partial charge in [0.25, 0.3) is 0 Å². The third kappa shape index (κ3) is 4.11. The highest BCUT2D eigenvalue weighted by Gasteiger charge is 2.18. The molecule has 0 saturated carbocycles. The standard InChI is InChI=1S/C16H16ClNO5S/c17-12-1-3-13(4-2-12)21-8-7-18-24(19,20)14-5-6-15-16(11-14)23-10-9-22-15/h1-6,11,18H,7-10H2. The van der Waals surface area contributed by atoms with Crippen LogP contribution < -0.4 is 18.9 Å². The van der Waals surface area contributed by atoms with Crippen LogP contribution in [-0.2, 0) is 10.0 Å². The van der Waals surface area contributed by atoms with Gasteiger partial charge in [-0.1, -0.05) is 11.6 Å². The first-order valence-corrected chi connectivity index (χ1v) is 9.18. The molecule has 2 aromatic carbocycles. The van der Waals surface area contributed by atoms with Crippen LogP contribution >= 0.6 is 11.6 Å². The maximum atomic E-state index is 12.3. The van der Waals surface area contributed by atoms with Crippen molar-refractivity contribution < 1.29 is 22.6 Å². The van der Waals surface area contributed by atoms with Crippen LogP contribution in [0.1, 0.15) is 0 Å². The van der Waals surface area contributed by atoms with Crippen molar-refractivity contribution in [2.45, 2.75) is 4.90 Å². The summed E-state index contributed by atoms with van der Waals surface area (Å²) < 4.78 is 43.3. The van der Waals surface area contributed by atoms with Crippen molar-refractivity contribution in [1.29, 1.82) is 0 Å². The van der Waals surface area contributed by atoms with Crippen molar-refractivity contribution in [3.05, 3.63) is 47.5 Å². The van der Waals surface area contributed by atoms with Gasteiger partial charge in [0.1, 0.15) is 25.6 Å². The Balaban J connectivity index is 1.57. The van der Waals surface area contributed by atoms with Gasteiger partial charge in [0.2, 0.25) is 10.0 Å². The average molecular weight is 370 g/mol. The molecule has 0 bridgehead atoms. The van der Waals surface area contributed by atoms with Crippen molar-refractivity contribution in [1.82, 2.24) is 4.72 Å². The zero-order valence-electron chi connectivity index (χ0n) is 12.7. The minimum absolute atomic E-state index is 0.123. The Labute approximate surface area is 145 Å². The van der Waals surface area contributed by atoms with Crippen LogP contribution in [0, 0.1) is 0 Å². The summed E-state index contributed by atoms with van der Waals surface area (Å²) in [5.41, 5.74) is 0. The molecule has 1 aliphatic heterocycles. The van der Waals surface area contributed by atoms with E-state index < -0.39 is 10.0 Å². The number of rotatable bonds is 6. The maximum Gasteiger partial charge on any atom is 0.240 e. The largest absolute Gasteiger partial charge is 0.492 e. The van der Waals surface area contributed by atoms with Crippen molar-refractivity contribution in [2.24, 2.45) is 0 Å². The quantitative estimate of drug-likeness (QED) is 0.792. The molecule has 8 heteroatoms. The third-order valence-electron chi connectivity index (χ3n) is 3.30. The number of nitrogens with one attached hydrogen (secondary N) is 1. The van der Waals surface area contributed by atoms with Gasteiger partial charge in [-0.2, -0.15) is 0 Å². The van der Waals surface area contributed by atoms with Gasteiger partial charge in [-0.25, -0.2) is 13.1 Å². The molecule has 6 nitrogen and oxygen atoms in total. The van der Waals surface area contributed by atoms with Crippen molar-refractivity contribution in [2.75, 3.05) is 26.4 Å². The van der Waals surface area contributed by atoms with Gasteiger partial charge < -0.3 is 14.2 Å². The average Bonchev–Trinajstić information content (AvgIpc) is 2.60. The van der Waals surface area contributed by atoms with Crippen LogP contribution in [0.3, 0.4) is 0 Å². The smallest absolute Gasteiger partial charge is 0.240 e. The summed E-state index contributed by atoms with van der Waals surface area (Å²) in [4.78, 5) is 0.123. The van der Waals surface area contributed by atoms with E-state index in [1.54, 1.807) is 30.3 Å². The molecule has 0 fully saturated rings. The highest BCUT2D eigenvalue weighted by Crippen LogP contribution is 2.32. The summed E-state index contributed by atoms with van der Waals surface area (Å²) in [7, 11) is -3.64. The number of hydrogen-bond donors (Lipinski definition) is 1. The summed E-state index contributed by atoms with van der Waals surface area (Å²) in [5.74, 6) is 1.60. The highest BCUT2D eigenvalue weighted by molar-refractivity contribution is 7.89. The molecule has 0 unspecified atom stereocenters. The van der Waals surface area contributed by atoms with Crippen LogP contribution in [0.25, 0.3) is 0 Å². The van der Waals surface area contributed by atoms with E-state index in [2.05, 4.69) is 4.72 Å². The number of sulfonamides is 1. The van der Waals surface area contributed by atoms with E-state index in [-0.39, 0.29) is 18.0 Å². The second-order valence-corrected chi connectivity index (χ2v) is 7.21. The zero-order chi connectivity index (χ0) is 17.0. The predicted molar refractivity (Wildman–Crippen MR) is 89.6 cm³/mol. The third-order valence-corrected chi connectivity index (χ3v) is 5.01. The first-order valence-electron chi connectivity index (χ1n) is 7.32. The minimum atomic E-state index is -3.64. The van der Waals surface area contributed by atoms with Crippen LogP contribution in [0.5, 0.6) is 17.2 Å². The Kier molecular flexibility index (Phi) is 5.13. The molecule has 0 spiro atoms. The number of halogens is 1. The van der Waals surface area contributed by atoms with Crippen LogP contribution in [0.4, 0.5) is 0 Å². The first kappa shape index (κ1) is 16.9. The molecule has 128 valence electrons.